The van der Waals surface area contributed by atoms with Gasteiger partial charge in [-0.2, -0.15) is 4.98 Å². The molecule has 0 bridgehead atoms. The van der Waals surface area contributed by atoms with Crippen LogP contribution < -0.4 is 10.5 Å². The van der Waals surface area contributed by atoms with Gasteiger partial charge in [-0.3, -0.25) is 0 Å². The van der Waals surface area contributed by atoms with Crippen LogP contribution in [0.1, 0.15) is 17.0 Å². The molecule has 1 aromatic carbocycles. The van der Waals surface area contributed by atoms with Crippen LogP contribution in [0.5, 0.6) is 11.8 Å². The SMILES string of the molecule is Cc1ccc(Oc2nc(C)cc(CN)n2)c(Br)c1. The van der Waals surface area contributed by atoms with Crippen LogP contribution in [0.15, 0.2) is 28.7 Å². The summed E-state index contributed by atoms with van der Waals surface area (Å²) < 4.78 is 6.54. The first kappa shape index (κ1) is 13.0. The van der Waals surface area contributed by atoms with E-state index >= 15 is 0 Å². The zero-order chi connectivity index (χ0) is 13.1. The molecule has 5 heteroatoms. The lowest BCUT2D eigenvalue weighted by atomic mass is 10.2. The zero-order valence-electron chi connectivity index (χ0n) is 10.3. The van der Waals surface area contributed by atoms with Crippen molar-refractivity contribution in [1.29, 1.82) is 0 Å². The Balaban J connectivity index is 2.30. The molecule has 1 aromatic heterocycles. The van der Waals surface area contributed by atoms with Gasteiger partial charge < -0.3 is 10.5 Å². The van der Waals surface area contributed by atoms with E-state index in [-0.39, 0.29) is 0 Å². The van der Waals surface area contributed by atoms with Crippen molar-refractivity contribution in [3.63, 3.8) is 0 Å². The number of aryl methyl sites for hydroxylation is 2. The molecule has 0 spiro atoms. The Hall–Kier alpha value is -1.46. The van der Waals surface area contributed by atoms with Gasteiger partial charge in [-0.15, -0.1) is 0 Å². The van der Waals surface area contributed by atoms with Crippen molar-refractivity contribution in [2.24, 2.45) is 5.73 Å². The third-order valence-corrected chi connectivity index (χ3v) is 3.00. The van der Waals surface area contributed by atoms with Gasteiger partial charge in [0.25, 0.3) is 0 Å². The molecule has 2 aromatic rings. The third-order valence-electron chi connectivity index (χ3n) is 2.38. The third kappa shape index (κ3) is 3.05. The molecule has 2 N–H and O–H groups in total. The van der Waals surface area contributed by atoms with Crippen molar-refractivity contribution < 1.29 is 4.74 Å². The first-order valence-corrected chi connectivity index (χ1v) is 6.36. The average Bonchev–Trinajstić information content (AvgIpc) is 2.32. The maximum Gasteiger partial charge on any atom is 0.322 e. The standard InChI is InChI=1S/C13H14BrN3O/c1-8-3-4-12(11(14)5-8)18-13-16-9(2)6-10(7-15)17-13/h3-6H,7,15H2,1-2H3. The van der Waals surface area contributed by atoms with Crippen LogP contribution in [-0.4, -0.2) is 9.97 Å². The van der Waals surface area contributed by atoms with Gasteiger partial charge in [0.1, 0.15) is 5.75 Å². The number of hydrogen-bond acceptors (Lipinski definition) is 4. The van der Waals surface area contributed by atoms with E-state index in [0.717, 1.165) is 21.4 Å². The lowest BCUT2D eigenvalue weighted by Crippen LogP contribution is -2.03. The molecule has 4 nitrogen and oxygen atoms in total. The Morgan fingerprint density at radius 1 is 1.22 bits per heavy atom. The monoisotopic (exact) mass is 307 g/mol. The molecule has 0 aliphatic rings. The lowest BCUT2D eigenvalue weighted by Gasteiger charge is -2.08. The number of ether oxygens (including phenoxy) is 1. The lowest BCUT2D eigenvalue weighted by molar-refractivity contribution is 0.435. The predicted molar refractivity (Wildman–Crippen MR) is 73.6 cm³/mol. The Morgan fingerprint density at radius 3 is 2.67 bits per heavy atom. The van der Waals surface area contributed by atoms with Crippen molar-refractivity contribution in [2.45, 2.75) is 20.4 Å². The van der Waals surface area contributed by atoms with Crippen molar-refractivity contribution in [1.82, 2.24) is 9.97 Å². The highest BCUT2D eigenvalue weighted by Crippen LogP contribution is 2.28. The number of nitrogens with two attached hydrogens (primary N) is 1. The predicted octanol–water partition coefficient (Wildman–Crippen LogP) is 3.11. The molecular weight excluding hydrogens is 294 g/mol. The summed E-state index contributed by atoms with van der Waals surface area (Å²) in [5, 5.41) is 0. The number of benzene rings is 1. The summed E-state index contributed by atoms with van der Waals surface area (Å²) >= 11 is 3.45. The molecule has 1 heterocycles. The number of rotatable bonds is 3. The summed E-state index contributed by atoms with van der Waals surface area (Å²) in [6.45, 7) is 4.27. The highest BCUT2D eigenvalue weighted by Gasteiger charge is 2.07. The van der Waals surface area contributed by atoms with Crippen molar-refractivity contribution in [3.8, 4) is 11.8 Å². The van der Waals surface area contributed by atoms with E-state index in [9.17, 15) is 0 Å². The molecule has 2 rings (SSSR count). The van der Waals surface area contributed by atoms with Crippen LogP contribution in [0.4, 0.5) is 0 Å². The fourth-order valence-corrected chi connectivity index (χ4v) is 2.12. The van der Waals surface area contributed by atoms with Gasteiger partial charge in [0.05, 0.1) is 10.2 Å². The number of nitrogens with zero attached hydrogens (tertiary/aromatic N) is 2. The van der Waals surface area contributed by atoms with E-state index in [1.807, 2.05) is 38.1 Å². The fourth-order valence-electron chi connectivity index (χ4n) is 1.54. The number of aromatic nitrogens is 2. The maximum absolute atomic E-state index is 5.66. The average molecular weight is 308 g/mol. The summed E-state index contributed by atoms with van der Waals surface area (Å²) in [5.74, 6) is 0.689. The molecule has 0 saturated heterocycles. The minimum atomic E-state index is 0.319. The van der Waals surface area contributed by atoms with E-state index < -0.39 is 0 Å². The molecule has 18 heavy (non-hydrogen) atoms. The largest absolute Gasteiger partial charge is 0.423 e. The smallest absolute Gasteiger partial charge is 0.322 e. The summed E-state index contributed by atoms with van der Waals surface area (Å²) in [4.78, 5) is 8.46. The van der Waals surface area contributed by atoms with Crippen LogP contribution in [0.2, 0.25) is 0 Å². The Labute approximate surface area is 114 Å². The normalized spacial score (nSPS) is 10.4. The molecular formula is C13H14BrN3O. The highest BCUT2D eigenvalue weighted by atomic mass is 79.9. The van der Waals surface area contributed by atoms with Crippen molar-refractivity contribution in [2.75, 3.05) is 0 Å². The minimum Gasteiger partial charge on any atom is -0.423 e. The molecule has 94 valence electrons. The summed E-state index contributed by atoms with van der Waals surface area (Å²) in [5.41, 5.74) is 8.33. The van der Waals surface area contributed by atoms with E-state index in [4.69, 9.17) is 10.5 Å². The highest BCUT2D eigenvalue weighted by molar-refractivity contribution is 9.10. The van der Waals surface area contributed by atoms with Gasteiger partial charge in [-0.25, -0.2) is 4.98 Å². The van der Waals surface area contributed by atoms with Crippen LogP contribution in [0.3, 0.4) is 0 Å². The van der Waals surface area contributed by atoms with E-state index in [0.29, 0.717) is 18.3 Å². The second kappa shape index (κ2) is 5.46. The first-order chi connectivity index (χ1) is 8.58. The fraction of sp³-hybridized carbons (Fsp3) is 0.231. The minimum absolute atomic E-state index is 0.319. The Morgan fingerprint density at radius 2 is 2.00 bits per heavy atom. The van der Waals surface area contributed by atoms with Crippen LogP contribution in [0.25, 0.3) is 0 Å². The van der Waals surface area contributed by atoms with Crippen molar-refractivity contribution in [3.05, 3.63) is 45.7 Å². The second-order valence-electron chi connectivity index (χ2n) is 4.02. The summed E-state index contributed by atoms with van der Waals surface area (Å²) in [6.07, 6.45) is 0. The molecule has 0 aliphatic carbocycles. The molecule has 0 radical (unpaired) electrons. The first-order valence-electron chi connectivity index (χ1n) is 5.57. The molecule has 0 atom stereocenters. The summed E-state index contributed by atoms with van der Waals surface area (Å²) in [6, 6.07) is 8.00. The second-order valence-corrected chi connectivity index (χ2v) is 4.88. The molecule has 0 fully saturated rings. The molecule has 0 saturated carbocycles. The van der Waals surface area contributed by atoms with Gasteiger partial charge >= 0.3 is 6.01 Å². The topological polar surface area (TPSA) is 61.0 Å². The van der Waals surface area contributed by atoms with E-state index in [1.54, 1.807) is 0 Å². The van der Waals surface area contributed by atoms with Gasteiger partial charge in [-0.05, 0) is 53.5 Å². The van der Waals surface area contributed by atoms with Gasteiger partial charge in [0, 0.05) is 12.2 Å². The van der Waals surface area contributed by atoms with Gasteiger partial charge in [0.2, 0.25) is 0 Å². The Bertz CT molecular complexity index is 572. The van der Waals surface area contributed by atoms with Crippen molar-refractivity contribution >= 4 is 15.9 Å². The zero-order valence-corrected chi connectivity index (χ0v) is 11.9. The maximum atomic E-state index is 5.66. The van der Waals surface area contributed by atoms with Crippen LogP contribution in [-0.2, 0) is 6.54 Å². The number of hydrogen-bond donors (Lipinski definition) is 1. The van der Waals surface area contributed by atoms with Crippen LogP contribution in [0, 0.1) is 13.8 Å². The van der Waals surface area contributed by atoms with Gasteiger partial charge in [-0.1, -0.05) is 6.07 Å². The molecule has 0 unspecified atom stereocenters. The van der Waals surface area contributed by atoms with E-state index in [1.165, 1.54) is 0 Å². The quantitative estimate of drug-likeness (QED) is 0.946. The number of halogens is 1. The molecule has 0 aliphatic heterocycles. The Kier molecular flexibility index (Phi) is 3.93. The van der Waals surface area contributed by atoms with E-state index in [2.05, 4.69) is 25.9 Å². The van der Waals surface area contributed by atoms with Crippen LogP contribution >= 0.6 is 15.9 Å². The van der Waals surface area contributed by atoms with Gasteiger partial charge in [0.15, 0.2) is 0 Å². The summed E-state index contributed by atoms with van der Waals surface area (Å²) in [7, 11) is 0. The molecule has 0 amide bonds.